The minimum absolute atomic E-state index is 0.0405. The third-order valence-electron chi connectivity index (χ3n) is 11.3. The van der Waals surface area contributed by atoms with Gasteiger partial charge in [-0.2, -0.15) is 0 Å². The molecule has 0 spiro atoms. The molecule has 0 atom stereocenters. The lowest BCUT2D eigenvalue weighted by Crippen LogP contribution is -2.29. The molecule has 0 aliphatic heterocycles. The third-order valence-corrected chi connectivity index (χ3v) is 14.8. The zero-order valence-electron chi connectivity index (χ0n) is 43.9. The summed E-state index contributed by atoms with van der Waals surface area (Å²) in [6.45, 7) is 11.4. The quantitative estimate of drug-likeness (QED) is 0.0298. The molecule has 0 unspecified atom stereocenters. The minimum atomic E-state index is -0.692. The normalized spacial score (nSPS) is 10.2. The predicted octanol–water partition coefficient (Wildman–Crippen LogP) is 17.1. The van der Waals surface area contributed by atoms with Gasteiger partial charge in [-0.3, -0.25) is 0 Å². The third kappa shape index (κ3) is 21.2. The molecule has 0 heterocycles. The van der Waals surface area contributed by atoms with E-state index in [0.717, 1.165) is 42.6 Å². The Bertz CT molecular complexity index is 3260. The minimum Gasteiger partial charge on any atom is -0.504 e. The maximum atomic E-state index is 13.1. The van der Waals surface area contributed by atoms with Crippen molar-refractivity contribution in [3.05, 3.63) is 191 Å². The van der Waals surface area contributed by atoms with Crippen LogP contribution in [0.5, 0.6) is 23.0 Å². The van der Waals surface area contributed by atoms with E-state index in [2.05, 4.69) is 49.5 Å². The summed E-state index contributed by atoms with van der Waals surface area (Å²) in [4.78, 5) is 0. The van der Waals surface area contributed by atoms with Crippen LogP contribution < -0.4 is 42.5 Å². The number of unbranched alkanes of at least 4 members (excludes halogenated alkanes) is 2. The van der Waals surface area contributed by atoms with Gasteiger partial charge in [0.1, 0.15) is 0 Å². The summed E-state index contributed by atoms with van der Waals surface area (Å²) in [5.41, 5.74) is 7.54. The number of rotatable bonds is 13. The monoisotopic (exact) mass is 1280 g/mol. The fourth-order valence-corrected chi connectivity index (χ4v) is 8.83. The molecular formula is C57H59Cl6FN8O4S4. The van der Waals surface area contributed by atoms with Gasteiger partial charge in [0.2, 0.25) is 0 Å². The van der Waals surface area contributed by atoms with Crippen LogP contribution in [0.25, 0.3) is 0 Å². The van der Waals surface area contributed by atoms with Gasteiger partial charge in [-0.15, -0.1) is 0 Å². The van der Waals surface area contributed by atoms with E-state index in [4.69, 9.17) is 118 Å². The standard InChI is InChI=1S/C16H16Cl2N2OS.C15H14Cl2N2OS.C13H18Cl2N2OS.C13H11FN2OS/c1-9-5-3-4-6-11(9)8-19-16(22)20-13-7-12(17)10(2)14(18)15(13)21;1-9-11(16)7-12(14(20)13(9)17)19-15(21)18-8-10-5-3-2-4-6-10;1-3-4-5-6-16-13(19)17-10-7-9(14)8(2)11(15)12(10)18;14-10-7-4-8-11(12(10)17)16-13(18)15-9-5-2-1-3-6-9/h3-7,21H,8H2,1-2H3,(H2,19,20,22);2-7,20H,8H2,1H3,(H2,18,19,21);7,18H,3-6H2,1-2H3,(H2,16,17,19);1-8,17H,(H2,15,16,18). The first-order valence-electron chi connectivity index (χ1n) is 24.4. The van der Waals surface area contributed by atoms with Crippen molar-refractivity contribution in [2.45, 2.75) is 67.0 Å². The van der Waals surface area contributed by atoms with Crippen LogP contribution in [0.1, 0.15) is 59.6 Å². The molecule has 0 aliphatic rings. The van der Waals surface area contributed by atoms with E-state index in [-0.39, 0.29) is 43.1 Å². The SMILES string of the molecule is CCCCCNC(=S)Nc1cc(Cl)c(C)c(Cl)c1O.Cc1c(Cl)cc(NC(=S)NCc2ccccc2)c(O)c1Cl.Cc1ccccc1CNC(=S)Nc1cc(Cl)c(C)c(Cl)c1O.Oc1c(F)cccc1NC(=S)Nc1ccccc1. The Balaban J connectivity index is 0.000000230. The molecule has 23 heteroatoms. The molecule has 7 rings (SSSR count). The smallest absolute Gasteiger partial charge is 0.175 e. The number of thiocarbonyl (C=S) groups is 4. The molecule has 12 N–H and O–H groups in total. The van der Waals surface area contributed by atoms with Crippen molar-refractivity contribution >= 4 is 167 Å². The van der Waals surface area contributed by atoms with E-state index in [1.54, 1.807) is 39.0 Å². The van der Waals surface area contributed by atoms with Crippen molar-refractivity contribution in [1.29, 1.82) is 0 Å². The van der Waals surface area contributed by atoms with Crippen LogP contribution in [0.4, 0.5) is 32.8 Å². The summed E-state index contributed by atoms with van der Waals surface area (Å²) in [5, 5.41) is 66.6. The molecule has 424 valence electrons. The maximum Gasteiger partial charge on any atom is 0.175 e. The molecule has 12 nitrogen and oxygen atoms in total. The van der Waals surface area contributed by atoms with Gasteiger partial charge in [0, 0.05) is 40.4 Å². The largest absolute Gasteiger partial charge is 0.504 e. The number of para-hydroxylation sites is 2. The van der Waals surface area contributed by atoms with Crippen LogP contribution in [0.2, 0.25) is 30.1 Å². The molecule has 0 bridgehead atoms. The molecule has 80 heavy (non-hydrogen) atoms. The summed E-state index contributed by atoms with van der Waals surface area (Å²) in [6, 6.07) is 36.2. The number of benzene rings is 7. The number of phenolic OH excluding ortho intramolecular Hbond substituents is 4. The Morgan fingerprint density at radius 2 is 0.875 bits per heavy atom. The zero-order chi connectivity index (χ0) is 59.1. The van der Waals surface area contributed by atoms with Crippen molar-refractivity contribution in [3.8, 4) is 23.0 Å². The molecule has 0 amide bonds. The molecule has 7 aromatic carbocycles. The highest BCUT2D eigenvalue weighted by atomic mass is 35.5. The number of phenols is 4. The van der Waals surface area contributed by atoms with Gasteiger partial charge >= 0.3 is 0 Å². The second kappa shape index (κ2) is 33.8. The summed E-state index contributed by atoms with van der Waals surface area (Å²) in [7, 11) is 0. The summed E-state index contributed by atoms with van der Waals surface area (Å²) >= 11 is 56.8. The lowest BCUT2D eigenvalue weighted by atomic mass is 10.1. The Morgan fingerprint density at radius 1 is 0.450 bits per heavy atom. The summed E-state index contributed by atoms with van der Waals surface area (Å²) in [5.74, 6) is -1.32. The topological polar surface area (TPSA) is 177 Å². The highest BCUT2D eigenvalue weighted by Crippen LogP contribution is 2.41. The predicted molar refractivity (Wildman–Crippen MR) is 350 cm³/mol. The number of aryl methyl sites for hydroxylation is 1. The highest BCUT2D eigenvalue weighted by Gasteiger charge is 2.16. The van der Waals surface area contributed by atoms with Crippen molar-refractivity contribution in [3.63, 3.8) is 0 Å². The first-order valence-corrected chi connectivity index (χ1v) is 28.3. The fourth-order valence-electron chi connectivity index (χ4n) is 6.66. The molecule has 0 aliphatic carbocycles. The molecule has 7 aromatic rings. The van der Waals surface area contributed by atoms with Gasteiger partial charge in [-0.1, -0.05) is 168 Å². The first kappa shape index (κ1) is 66.7. The van der Waals surface area contributed by atoms with Crippen LogP contribution in [-0.4, -0.2) is 47.4 Å². The van der Waals surface area contributed by atoms with E-state index in [1.807, 2.05) is 91.9 Å². The summed E-state index contributed by atoms with van der Waals surface area (Å²) in [6.07, 6.45) is 3.37. The van der Waals surface area contributed by atoms with E-state index < -0.39 is 11.6 Å². The molecule has 0 saturated carbocycles. The number of halogens is 7. The number of hydrogen-bond acceptors (Lipinski definition) is 8. The molecular weight excluding hydrogens is 1220 g/mol. The molecule has 0 radical (unpaired) electrons. The number of hydrogen-bond donors (Lipinski definition) is 12. The van der Waals surface area contributed by atoms with Crippen LogP contribution >= 0.6 is 118 Å². The first-order chi connectivity index (χ1) is 38.0. The fraction of sp³-hybridized carbons (Fsp3) is 0.193. The average Bonchev–Trinajstić information content (AvgIpc) is 3.45. The zero-order valence-corrected chi connectivity index (χ0v) is 51.7. The van der Waals surface area contributed by atoms with E-state index in [1.165, 1.54) is 23.8 Å². The second-order valence-electron chi connectivity index (χ2n) is 17.3. The van der Waals surface area contributed by atoms with Crippen molar-refractivity contribution in [2.75, 3.05) is 33.1 Å². The maximum absolute atomic E-state index is 13.1. The van der Waals surface area contributed by atoms with Gasteiger partial charge in [-0.05, 0) is 159 Å². The van der Waals surface area contributed by atoms with Crippen molar-refractivity contribution in [1.82, 2.24) is 16.0 Å². The Hall–Kier alpha value is -5.83. The van der Waals surface area contributed by atoms with Crippen molar-refractivity contribution in [2.24, 2.45) is 0 Å². The van der Waals surface area contributed by atoms with Crippen LogP contribution in [-0.2, 0) is 13.1 Å². The van der Waals surface area contributed by atoms with Gasteiger partial charge in [-0.25, -0.2) is 4.39 Å². The van der Waals surface area contributed by atoms with E-state index in [0.29, 0.717) is 77.2 Å². The van der Waals surface area contributed by atoms with Crippen molar-refractivity contribution < 1.29 is 24.8 Å². The number of aromatic hydroxyl groups is 4. The summed E-state index contributed by atoms with van der Waals surface area (Å²) < 4.78 is 13.1. The highest BCUT2D eigenvalue weighted by molar-refractivity contribution is 7.81. The molecule has 0 aromatic heterocycles. The van der Waals surface area contributed by atoms with Crippen LogP contribution in [0.15, 0.2) is 121 Å². The average molecular weight is 1280 g/mol. The second-order valence-corrected chi connectivity index (χ2v) is 21.3. The van der Waals surface area contributed by atoms with E-state index >= 15 is 0 Å². The van der Waals surface area contributed by atoms with Crippen LogP contribution in [0, 0.1) is 33.5 Å². The molecule has 0 fully saturated rings. The number of anilines is 5. The van der Waals surface area contributed by atoms with Gasteiger partial charge < -0.3 is 63.0 Å². The Kier molecular flexibility index (Phi) is 28.2. The van der Waals surface area contributed by atoms with Crippen LogP contribution in [0.3, 0.4) is 0 Å². The Morgan fingerprint density at radius 3 is 1.35 bits per heavy atom. The number of nitrogens with one attached hydrogen (secondary N) is 8. The molecule has 0 saturated heterocycles. The van der Waals surface area contributed by atoms with Gasteiger partial charge in [0.15, 0.2) is 49.3 Å². The van der Waals surface area contributed by atoms with E-state index in [9.17, 15) is 24.8 Å². The Labute approximate surface area is 517 Å². The lowest BCUT2D eigenvalue weighted by Gasteiger charge is -2.15. The van der Waals surface area contributed by atoms with Gasteiger partial charge in [0.05, 0.1) is 37.8 Å². The lowest BCUT2D eigenvalue weighted by molar-refractivity contribution is 0.435. The van der Waals surface area contributed by atoms with Gasteiger partial charge in [0.25, 0.3) is 0 Å².